The van der Waals surface area contributed by atoms with Crippen LogP contribution in [-0.4, -0.2) is 22.6 Å². The van der Waals surface area contributed by atoms with Gasteiger partial charge in [-0.3, -0.25) is 0 Å². The average molecular weight is 451 g/mol. The van der Waals surface area contributed by atoms with Crippen LogP contribution in [-0.2, 0) is 23.2 Å². The molecule has 0 nitrogen and oxygen atoms in total. The third-order valence-corrected chi connectivity index (χ3v) is 13.0. The molecule has 0 bridgehead atoms. The largest absolute Gasteiger partial charge is 0.0969 e. The molecule has 0 radical (unpaired) electrons. The maximum Gasteiger partial charge on any atom is -0.00654 e. The molecule has 0 aromatic heterocycles. The molecular weight excluding hydrogens is 398 g/mol. The van der Waals surface area contributed by atoms with Gasteiger partial charge in [0.2, 0.25) is 0 Å². The second-order valence-corrected chi connectivity index (χ2v) is 19.2. The van der Waals surface area contributed by atoms with E-state index in [0.29, 0.717) is 0 Å². The molecule has 1 aromatic rings. The lowest BCUT2D eigenvalue weighted by Gasteiger charge is -2.35. The van der Waals surface area contributed by atoms with Crippen LogP contribution in [0.4, 0.5) is 0 Å². The van der Waals surface area contributed by atoms with E-state index in [9.17, 15) is 0 Å². The van der Waals surface area contributed by atoms with Crippen LogP contribution in [0, 0.1) is 0 Å². The second kappa shape index (κ2) is 10.8. The highest BCUT2D eigenvalue weighted by Gasteiger charge is 2.29. The summed E-state index contributed by atoms with van der Waals surface area (Å²) in [6.07, 6.45) is 2.55. The maximum absolute atomic E-state index is 2.67. The summed E-state index contributed by atoms with van der Waals surface area (Å²) in [5, 5.41) is 0. The Bertz CT molecular complexity index is 598. The van der Waals surface area contributed by atoms with Crippen molar-refractivity contribution in [3.05, 3.63) is 34.4 Å². The average Bonchev–Trinajstić information content (AvgIpc) is 2.53. The first-order valence-electron chi connectivity index (χ1n) is 12.1. The van der Waals surface area contributed by atoms with Gasteiger partial charge in [0.1, 0.15) is 0 Å². The molecular formula is C28H52P2. The molecule has 0 fully saturated rings. The minimum absolute atomic E-state index is 0.00836. The molecule has 0 N–H and O–H groups in total. The van der Waals surface area contributed by atoms with E-state index in [1.165, 1.54) is 12.3 Å². The Morgan fingerprint density at radius 2 is 0.800 bits per heavy atom. The van der Waals surface area contributed by atoms with Crippen LogP contribution in [0.25, 0.3) is 0 Å². The highest BCUT2D eigenvalue weighted by atomic mass is 31.1. The van der Waals surface area contributed by atoms with Gasteiger partial charge in [-0.1, -0.05) is 125 Å². The lowest BCUT2D eigenvalue weighted by molar-refractivity contribution is 0.562. The SMILES string of the molecule is CC(C)P(Cc1cc(CP(C(C)C)C(C)C)c(C(C)(C)C)cc1C(C)(C)C)C(C)C. The van der Waals surface area contributed by atoms with Gasteiger partial charge in [0, 0.05) is 0 Å². The van der Waals surface area contributed by atoms with Gasteiger partial charge >= 0.3 is 0 Å². The Kier molecular flexibility index (Phi) is 10.1. The van der Waals surface area contributed by atoms with Gasteiger partial charge in [0.05, 0.1) is 0 Å². The molecule has 0 amide bonds. The molecule has 30 heavy (non-hydrogen) atoms. The van der Waals surface area contributed by atoms with Gasteiger partial charge in [-0.05, 0) is 68.0 Å². The van der Waals surface area contributed by atoms with Crippen molar-refractivity contribution in [1.82, 2.24) is 0 Å². The zero-order valence-corrected chi connectivity index (χ0v) is 24.6. The molecule has 0 saturated heterocycles. The van der Waals surface area contributed by atoms with Crippen molar-refractivity contribution >= 4 is 15.8 Å². The lowest BCUT2D eigenvalue weighted by Crippen LogP contribution is -2.21. The number of rotatable bonds is 8. The molecule has 174 valence electrons. The second-order valence-electron chi connectivity index (χ2n) is 12.4. The zero-order valence-electron chi connectivity index (χ0n) is 22.8. The summed E-state index contributed by atoms with van der Waals surface area (Å²) in [5.41, 5.74) is 9.94. The predicted octanol–water partition coefficient (Wildman–Crippen LogP) is 9.88. The first kappa shape index (κ1) is 28.1. The van der Waals surface area contributed by atoms with Crippen LogP contribution in [0.3, 0.4) is 0 Å². The highest BCUT2D eigenvalue weighted by molar-refractivity contribution is 7.58. The normalized spacial score (nSPS) is 13.7. The summed E-state index contributed by atoms with van der Waals surface area (Å²) in [4.78, 5) is 0. The summed E-state index contributed by atoms with van der Waals surface area (Å²) >= 11 is 0. The van der Waals surface area contributed by atoms with Crippen molar-refractivity contribution in [1.29, 1.82) is 0 Å². The van der Waals surface area contributed by atoms with Crippen molar-refractivity contribution in [3.63, 3.8) is 0 Å². The fraction of sp³-hybridized carbons (Fsp3) is 0.786. The van der Waals surface area contributed by atoms with Crippen LogP contribution in [0.2, 0.25) is 0 Å². The van der Waals surface area contributed by atoms with Crippen LogP contribution in [0.1, 0.15) is 119 Å². The van der Waals surface area contributed by atoms with Crippen LogP contribution in [0.5, 0.6) is 0 Å². The van der Waals surface area contributed by atoms with Gasteiger partial charge in [-0.25, -0.2) is 0 Å². The Labute approximate surface area is 192 Å². The van der Waals surface area contributed by atoms with E-state index >= 15 is 0 Å². The van der Waals surface area contributed by atoms with Crippen LogP contribution >= 0.6 is 15.8 Å². The minimum atomic E-state index is -0.00836. The molecule has 0 aliphatic carbocycles. The van der Waals surface area contributed by atoms with E-state index < -0.39 is 0 Å². The third kappa shape index (κ3) is 7.59. The fourth-order valence-electron chi connectivity index (χ4n) is 4.67. The summed E-state index contributed by atoms with van der Waals surface area (Å²) < 4.78 is 0. The Balaban J connectivity index is 3.70. The molecule has 0 aliphatic heterocycles. The van der Waals surface area contributed by atoms with E-state index in [1.54, 1.807) is 22.3 Å². The molecule has 1 rings (SSSR count). The van der Waals surface area contributed by atoms with Gasteiger partial charge < -0.3 is 0 Å². The standard InChI is InChI=1S/C28H52P2/c1-19(2)29(20(3)4)17-23-15-24(18-30(21(5)6)22(7)8)26(28(12,13)14)16-25(23)27(9,10)11/h15-16,19-22H,17-18H2,1-14H3. The topological polar surface area (TPSA) is 0 Å². The monoisotopic (exact) mass is 450 g/mol. The van der Waals surface area contributed by atoms with Crippen molar-refractivity contribution in [2.24, 2.45) is 0 Å². The van der Waals surface area contributed by atoms with Crippen molar-refractivity contribution < 1.29 is 0 Å². The third-order valence-electron chi connectivity index (χ3n) is 6.30. The minimum Gasteiger partial charge on any atom is -0.0969 e. The van der Waals surface area contributed by atoms with Gasteiger partial charge in [0.15, 0.2) is 0 Å². The van der Waals surface area contributed by atoms with Crippen molar-refractivity contribution in [3.8, 4) is 0 Å². The van der Waals surface area contributed by atoms with E-state index in [0.717, 1.165) is 22.6 Å². The maximum atomic E-state index is 2.67. The summed E-state index contributed by atoms with van der Waals surface area (Å²) in [5.74, 6) is 0. The van der Waals surface area contributed by atoms with E-state index in [4.69, 9.17) is 0 Å². The number of benzene rings is 1. The smallest absolute Gasteiger partial charge is 0.00654 e. The molecule has 0 spiro atoms. The fourth-order valence-corrected chi connectivity index (χ4v) is 9.83. The van der Waals surface area contributed by atoms with E-state index in [2.05, 4.69) is 109 Å². The quantitative estimate of drug-likeness (QED) is 0.346. The Morgan fingerprint density at radius 1 is 0.533 bits per heavy atom. The molecule has 0 heterocycles. The van der Waals surface area contributed by atoms with E-state index in [1.807, 2.05) is 0 Å². The van der Waals surface area contributed by atoms with Crippen LogP contribution in [0.15, 0.2) is 12.1 Å². The molecule has 1 aromatic carbocycles. The first-order valence-corrected chi connectivity index (χ1v) is 15.5. The Morgan fingerprint density at radius 3 is 1.00 bits per heavy atom. The van der Waals surface area contributed by atoms with Gasteiger partial charge in [-0.15, -0.1) is 0 Å². The van der Waals surface area contributed by atoms with Crippen molar-refractivity contribution in [2.75, 3.05) is 0 Å². The number of hydrogen-bond acceptors (Lipinski definition) is 0. The highest BCUT2D eigenvalue weighted by Crippen LogP contribution is 2.53. The zero-order chi connectivity index (χ0) is 23.6. The Hall–Kier alpha value is 0.0800. The van der Waals surface area contributed by atoms with E-state index in [-0.39, 0.29) is 26.7 Å². The van der Waals surface area contributed by atoms with Crippen molar-refractivity contribution in [2.45, 2.75) is 143 Å². The predicted molar refractivity (Wildman–Crippen MR) is 146 cm³/mol. The first-order chi connectivity index (χ1) is 13.5. The van der Waals surface area contributed by atoms with Gasteiger partial charge in [-0.2, -0.15) is 0 Å². The molecule has 0 unspecified atom stereocenters. The van der Waals surface area contributed by atoms with Gasteiger partial charge in [0.25, 0.3) is 0 Å². The lowest BCUT2D eigenvalue weighted by atomic mass is 9.77. The summed E-state index contributed by atoms with van der Waals surface area (Å²) in [7, 11) is -0.0167. The summed E-state index contributed by atoms with van der Waals surface area (Å²) in [6, 6.07) is 5.29. The summed E-state index contributed by atoms with van der Waals surface area (Å²) in [6.45, 7) is 33.9. The molecule has 0 saturated carbocycles. The number of hydrogen-bond donors (Lipinski definition) is 0. The molecule has 0 atom stereocenters. The van der Waals surface area contributed by atoms with Crippen LogP contribution < -0.4 is 0 Å². The molecule has 0 aliphatic rings. The molecule has 2 heteroatoms.